The SMILES string of the molecule is COCCn1c(N)c(C(=O)NCc2ccccc2)c2nc3ccccc3nc21. The highest BCUT2D eigenvalue weighted by Crippen LogP contribution is 2.27. The minimum Gasteiger partial charge on any atom is -0.384 e. The number of carbonyl (C=O) groups is 1. The van der Waals surface area contributed by atoms with E-state index in [4.69, 9.17) is 15.5 Å². The third kappa shape index (κ3) is 3.27. The van der Waals surface area contributed by atoms with Crippen molar-refractivity contribution in [2.75, 3.05) is 19.5 Å². The van der Waals surface area contributed by atoms with Crippen molar-refractivity contribution < 1.29 is 9.53 Å². The van der Waals surface area contributed by atoms with Crippen molar-refractivity contribution in [2.24, 2.45) is 0 Å². The van der Waals surface area contributed by atoms with Gasteiger partial charge in [-0.25, -0.2) is 9.97 Å². The number of rotatable bonds is 6. The van der Waals surface area contributed by atoms with E-state index in [0.717, 1.165) is 16.6 Å². The Morgan fingerprint density at radius 2 is 1.75 bits per heavy atom. The highest BCUT2D eigenvalue weighted by atomic mass is 16.5. The number of nitrogen functional groups attached to an aromatic ring is 1. The van der Waals surface area contributed by atoms with Crippen LogP contribution in [-0.4, -0.2) is 34.2 Å². The summed E-state index contributed by atoms with van der Waals surface area (Å²) in [6, 6.07) is 17.3. The Labute approximate surface area is 162 Å². The number of hydrogen-bond acceptors (Lipinski definition) is 5. The van der Waals surface area contributed by atoms with E-state index >= 15 is 0 Å². The maximum atomic E-state index is 13.0. The smallest absolute Gasteiger partial charge is 0.257 e. The number of anilines is 1. The van der Waals surface area contributed by atoms with Crippen molar-refractivity contribution in [2.45, 2.75) is 13.1 Å². The zero-order valence-corrected chi connectivity index (χ0v) is 15.6. The molecule has 0 aliphatic rings. The van der Waals surface area contributed by atoms with Crippen molar-refractivity contribution in [1.82, 2.24) is 19.9 Å². The maximum absolute atomic E-state index is 13.0. The lowest BCUT2D eigenvalue weighted by Crippen LogP contribution is -2.24. The lowest BCUT2D eigenvalue weighted by atomic mass is 10.2. The van der Waals surface area contributed by atoms with Crippen molar-refractivity contribution in [3.05, 3.63) is 65.7 Å². The fourth-order valence-electron chi connectivity index (χ4n) is 3.22. The van der Waals surface area contributed by atoms with Gasteiger partial charge in [-0.15, -0.1) is 0 Å². The van der Waals surface area contributed by atoms with Crippen LogP contribution >= 0.6 is 0 Å². The third-order valence-electron chi connectivity index (χ3n) is 4.63. The molecule has 0 saturated heterocycles. The highest BCUT2D eigenvalue weighted by Gasteiger charge is 2.23. The Morgan fingerprint density at radius 1 is 1.07 bits per heavy atom. The van der Waals surface area contributed by atoms with E-state index in [0.29, 0.717) is 42.2 Å². The molecule has 0 unspecified atom stereocenters. The van der Waals surface area contributed by atoms with Gasteiger partial charge in [0.2, 0.25) is 0 Å². The first kappa shape index (κ1) is 17.9. The second kappa shape index (κ2) is 7.66. The topological polar surface area (TPSA) is 95.1 Å². The van der Waals surface area contributed by atoms with Crippen LogP contribution in [0.15, 0.2) is 54.6 Å². The van der Waals surface area contributed by atoms with E-state index < -0.39 is 0 Å². The molecule has 4 aromatic rings. The molecule has 0 spiro atoms. The Bertz CT molecular complexity index is 1140. The van der Waals surface area contributed by atoms with Gasteiger partial charge >= 0.3 is 0 Å². The molecule has 1 amide bonds. The Hall–Kier alpha value is -3.45. The molecule has 7 nitrogen and oxygen atoms in total. The molecule has 0 saturated carbocycles. The van der Waals surface area contributed by atoms with Gasteiger partial charge in [0.1, 0.15) is 16.9 Å². The van der Waals surface area contributed by atoms with Gasteiger partial charge in [0.25, 0.3) is 5.91 Å². The van der Waals surface area contributed by atoms with Crippen molar-refractivity contribution in [3.8, 4) is 0 Å². The van der Waals surface area contributed by atoms with Crippen molar-refractivity contribution in [3.63, 3.8) is 0 Å². The zero-order chi connectivity index (χ0) is 19.5. The average molecular weight is 375 g/mol. The molecular weight excluding hydrogens is 354 g/mol. The van der Waals surface area contributed by atoms with Gasteiger partial charge in [-0.1, -0.05) is 42.5 Å². The molecule has 0 aliphatic heterocycles. The van der Waals surface area contributed by atoms with Crippen LogP contribution in [0.3, 0.4) is 0 Å². The number of carbonyl (C=O) groups excluding carboxylic acids is 1. The summed E-state index contributed by atoms with van der Waals surface area (Å²) in [6.45, 7) is 1.34. The molecule has 2 aromatic carbocycles. The lowest BCUT2D eigenvalue weighted by molar-refractivity contribution is 0.0953. The monoisotopic (exact) mass is 375 g/mol. The maximum Gasteiger partial charge on any atom is 0.257 e. The second-order valence-electron chi connectivity index (χ2n) is 6.46. The van der Waals surface area contributed by atoms with Crippen molar-refractivity contribution >= 4 is 33.9 Å². The summed E-state index contributed by atoms with van der Waals surface area (Å²) in [4.78, 5) is 22.3. The summed E-state index contributed by atoms with van der Waals surface area (Å²) in [5.41, 5.74) is 10.3. The number of nitrogens with one attached hydrogen (secondary N) is 1. The molecule has 0 bridgehead atoms. The summed E-state index contributed by atoms with van der Waals surface area (Å²) < 4.78 is 6.97. The van der Waals surface area contributed by atoms with E-state index in [2.05, 4.69) is 10.3 Å². The summed E-state index contributed by atoms with van der Waals surface area (Å²) in [7, 11) is 1.62. The van der Waals surface area contributed by atoms with E-state index in [9.17, 15) is 4.79 Å². The molecule has 142 valence electrons. The fraction of sp³-hybridized carbons (Fsp3) is 0.190. The molecule has 3 N–H and O–H groups in total. The normalized spacial score (nSPS) is 11.2. The van der Waals surface area contributed by atoms with Gasteiger partial charge in [0.05, 0.1) is 17.6 Å². The second-order valence-corrected chi connectivity index (χ2v) is 6.46. The summed E-state index contributed by atoms with van der Waals surface area (Å²) in [5.74, 6) is 0.0695. The minimum absolute atomic E-state index is 0.271. The predicted molar refractivity (Wildman–Crippen MR) is 109 cm³/mol. The van der Waals surface area contributed by atoms with Gasteiger partial charge in [0.15, 0.2) is 5.65 Å². The minimum atomic E-state index is -0.271. The Morgan fingerprint density at radius 3 is 2.46 bits per heavy atom. The Kier molecular flexibility index (Phi) is 4.90. The first-order valence-corrected chi connectivity index (χ1v) is 9.04. The number of hydrogen-bond donors (Lipinski definition) is 2. The quantitative estimate of drug-likeness (QED) is 0.540. The number of amides is 1. The van der Waals surface area contributed by atoms with Crippen LogP contribution < -0.4 is 11.1 Å². The number of benzene rings is 2. The molecule has 0 radical (unpaired) electrons. The average Bonchev–Trinajstić information content (AvgIpc) is 3.00. The van der Waals surface area contributed by atoms with Crippen LogP contribution in [0, 0.1) is 0 Å². The first-order valence-electron chi connectivity index (χ1n) is 9.04. The summed E-state index contributed by atoms with van der Waals surface area (Å²) >= 11 is 0. The van der Waals surface area contributed by atoms with E-state index in [1.54, 1.807) is 11.7 Å². The predicted octanol–water partition coefficient (Wildman–Crippen LogP) is 2.74. The molecule has 0 aliphatic carbocycles. The largest absolute Gasteiger partial charge is 0.384 e. The Balaban J connectivity index is 1.78. The summed E-state index contributed by atoms with van der Waals surface area (Å²) in [6.07, 6.45) is 0. The molecule has 28 heavy (non-hydrogen) atoms. The van der Waals surface area contributed by atoms with E-state index in [1.165, 1.54) is 0 Å². The number of fused-ring (bicyclic) bond motifs is 2. The molecule has 2 aromatic heterocycles. The first-order chi connectivity index (χ1) is 13.7. The molecule has 7 heteroatoms. The number of nitrogens with zero attached hydrogens (tertiary/aromatic N) is 3. The van der Waals surface area contributed by atoms with Gasteiger partial charge in [-0.3, -0.25) is 4.79 Å². The number of aromatic nitrogens is 3. The van der Waals surface area contributed by atoms with E-state index in [1.807, 2.05) is 54.6 Å². The number of ether oxygens (including phenoxy) is 1. The highest BCUT2D eigenvalue weighted by molar-refractivity contribution is 6.10. The van der Waals surface area contributed by atoms with Crippen LogP contribution in [0.1, 0.15) is 15.9 Å². The molecular formula is C21H21N5O2. The number of nitrogens with two attached hydrogens (primary N) is 1. The molecule has 2 heterocycles. The van der Waals surface area contributed by atoms with Crippen LogP contribution in [0.4, 0.5) is 5.82 Å². The van der Waals surface area contributed by atoms with E-state index in [-0.39, 0.29) is 5.91 Å². The van der Waals surface area contributed by atoms with Crippen LogP contribution in [0.5, 0.6) is 0 Å². The molecule has 4 rings (SSSR count). The van der Waals surface area contributed by atoms with Gasteiger partial charge in [-0.2, -0.15) is 0 Å². The van der Waals surface area contributed by atoms with Crippen molar-refractivity contribution in [1.29, 1.82) is 0 Å². The molecule has 0 atom stereocenters. The number of para-hydroxylation sites is 2. The van der Waals surface area contributed by atoms with Crippen LogP contribution in [0.25, 0.3) is 22.2 Å². The van der Waals surface area contributed by atoms with Crippen LogP contribution in [0.2, 0.25) is 0 Å². The fourth-order valence-corrected chi connectivity index (χ4v) is 3.22. The lowest BCUT2D eigenvalue weighted by Gasteiger charge is -2.07. The van der Waals surface area contributed by atoms with Gasteiger partial charge in [0, 0.05) is 20.2 Å². The summed E-state index contributed by atoms with van der Waals surface area (Å²) in [5, 5.41) is 2.93. The standard InChI is InChI=1S/C21H21N5O2/c1-28-12-11-26-19(22)17(21(27)23-13-14-7-3-2-4-8-14)18-20(26)25-16-10-6-5-9-15(16)24-18/h2-10H,11-13,22H2,1H3,(H,23,27). The molecule has 0 fully saturated rings. The van der Waals surface area contributed by atoms with Crippen LogP contribution in [-0.2, 0) is 17.8 Å². The third-order valence-corrected chi connectivity index (χ3v) is 4.63. The van der Waals surface area contributed by atoms with Gasteiger partial charge < -0.3 is 20.4 Å². The van der Waals surface area contributed by atoms with Gasteiger partial charge in [-0.05, 0) is 17.7 Å². The zero-order valence-electron chi connectivity index (χ0n) is 15.6. The number of methoxy groups -OCH3 is 1.